The third kappa shape index (κ3) is 4.22. The van der Waals surface area contributed by atoms with Crippen LogP contribution in [-0.2, 0) is 11.3 Å². The lowest BCUT2D eigenvalue weighted by Gasteiger charge is -2.34. The number of carbonyl (C=O) groups excluding carboxylic acids is 1. The summed E-state index contributed by atoms with van der Waals surface area (Å²) in [5, 5.41) is 3.04. The number of nitrogens with one attached hydrogen (secondary N) is 1. The molecule has 0 aliphatic carbocycles. The van der Waals surface area contributed by atoms with Crippen LogP contribution in [0.3, 0.4) is 0 Å². The molecule has 0 unspecified atom stereocenters. The van der Waals surface area contributed by atoms with E-state index in [1.54, 1.807) is 12.3 Å². The van der Waals surface area contributed by atoms with Gasteiger partial charge in [-0.05, 0) is 12.1 Å². The first-order chi connectivity index (χ1) is 9.29. The molecule has 5 nitrogen and oxygen atoms in total. The van der Waals surface area contributed by atoms with Crippen LogP contribution < -0.4 is 5.32 Å². The smallest absolute Gasteiger partial charge is 0.236 e. The molecule has 0 saturated carbocycles. The van der Waals surface area contributed by atoms with E-state index in [0.29, 0.717) is 13.1 Å². The molecule has 2 rings (SSSR count). The number of piperazine rings is 1. The Balaban J connectivity index is 1.69. The van der Waals surface area contributed by atoms with E-state index < -0.39 is 0 Å². The Morgan fingerprint density at radius 3 is 2.84 bits per heavy atom. The van der Waals surface area contributed by atoms with Crippen molar-refractivity contribution >= 4 is 5.91 Å². The molecule has 1 aromatic heterocycles. The van der Waals surface area contributed by atoms with Crippen LogP contribution in [0.1, 0.15) is 5.76 Å². The third-order valence-corrected chi connectivity index (χ3v) is 3.25. The fourth-order valence-corrected chi connectivity index (χ4v) is 2.17. The van der Waals surface area contributed by atoms with Crippen molar-refractivity contribution in [3.63, 3.8) is 0 Å². The number of furan rings is 1. The van der Waals surface area contributed by atoms with Gasteiger partial charge in [-0.3, -0.25) is 9.69 Å². The van der Waals surface area contributed by atoms with Crippen molar-refractivity contribution in [3.8, 4) is 0 Å². The van der Waals surface area contributed by atoms with Gasteiger partial charge in [0.25, 0.3) is 0 Å². The van der Waals surface area contributed by atoms with Gasteiger partial charge in [-0.2, -0.15) is 0 Å². The van der Waals surface area contributed by atoms with Crippen LogP contribution in [0.15, 0.2) is 35.5 Å². The average molecular weight is 263 g/mol. The molecule has 1 aliphatic heterocycles. The van der Waals surface area contributed by atoms with Crippen LogP contribution in [-0.4, -0.2) is 55.0 Å². The molecule has 1 aliphatic rings. The average Bonchev–Trinajstić information content (AvgIpc) is 2.93. The third-order valence-electron chi connectivity index (χ3n) is 3.25. The molecule has 0 bridgehead atoms. The number of hydrogen-bond acceptors (Lipinski definition) is 4. The predicted octanol–water partition coefficient (Wildman–Crippen LogP) is 0.699. The lowest BCUT2D eigenvalue weighted by atomic mass is 10.3. The SMILES string of the molecule is C=CCNCC(=O)N1CCN(Cc2ccco2)CC1. The first kappa shape index (κ1) is 13.8. The zero-order chi connectivity index (χ0) is 13.5. The Hall–Kier alpha value is -1.59. The highest BCUT2D eigenvalue weighted by Crippen LogP contribution is 2.08. The number of rotatable bonds is 6. The Labute approximate surface area is 113 Å². The van der Waals surface area contributed by atoms with Crippen molar-refractivity contribution in [1.29, 1.82) is 0 Å². The van der Waals surface area contributed by atoms with Crippen molar-refractivity contribution < 1.29 is 9.21 Å². The van der Waals surface area contributed by atoms with E-state index in [9.17, 15) is 4.79 Å². The van der Waals surface area contributed by atoms with E-state index in [0.717, 1.165) is 38.5 Å². The Morgan fingerprint density at radius 1 is 1.42 bits per heavy atom. The topological polar surface area (TPSA) is 48.7 Å². The molecule has 2 heterocycles. The van der Waals surface area contributed by atoms with E-state index in [-0.39, 0.29) is 5.91 Å². The second-order valence-corrected chi connectivity index (χ2v) is 4.66. The first-order valence-electron chi connectivity index (χ1n) is 6.63. The Morgan fingerprint density at radius 2 is 2.21 bits per heavy atom. The molecule has 0 aromatic carbocycles. The standard InChI is InChI=1S/C14H21N3O2/c1-2-5-15-11-14(18)17-8-6-16(7-9-17)12-13-4-3-10-19-13/h2-4,10,15H,1,5-9,11-12H2. The Bertz CT molecular complexity index is 395. The molecule has 19 heavy (non-hydrogen) atoms. The summed E-state index contributed by atoms with van der Waals surface area (Å²) in [4.78, 5) is 16.1. The van der Waals surface area contributed by atoms with Crippen LogP contribution in [0.4, 0.5) is 0 Å². The molecular formula is C14H21N3O2. The summed E-state index contributed by atoms with van der Waals surface area (Å²) < 4.78 is 5.33. The molecule has 0 spiro atoms. The maximum atomic E-state index is 11.9. The highest BCUT2D eigenvalue weighted by atomic mass is 16.3. The number of nitrogens with zero attached hydrogens (tertiary/aromatic N) is 2. The van der Waals surface area contributed by atoms with Crippen LogP contribution in [0.25, 0.3) is 0 Å². The van der Waals surface area contributed by atoms with Gasteiger partial charge in [0.15, 0.2) is 0 Å². The summed E-state index contributed by atoms with van der Waals surface area (Å²) in [6.07, 6.45) is 3.45. The summed E-state index contributed by atoms with van der Waals surface area (Å²) in [6.45, 7) is 8.87. The molecule has 1 N–H and O–H groups in total. The zero-order valence-electron chi connectivity index (χ0n) is 11.2. The van der Waals surface area contributed by atoms with E-state index in [1.165, 1.54) is 0 Å². The van der Waals surface area contributed by atoms with Gasteiger partial charge in [0.05, 0.1) is 19.4 Å². The fourth-order valence-electron chi connectivity index (χ4n) is 2.17. The number of amides is 1. The lowest BCUT2D eigenvalue weighted by molar-refractivity contribution is -0.132. The maximum absolute atomic E-state index is 11.9. The molecule has 1 aromatic rings. The summed E-state index contributed by atoms with van der Waals surface area (Å²) >= 11 is 0. The second kappa shape index (κ2) is 7.11. The second-order valence-electron chi connectivity index (χ2n) is 4.66. The van der Waals surface area contributed by atoms with Crippen molar-refractivity contribution in [2.24, 2.45) is 0 Å². The molecule has 0 atom stereocenters. The van der Waals surface area contributed by atoms with Crippen molar-refractivity contribution in [1.82, 2.24) is 15.1 Å². The highest BCUT2D eigenvalue weighted by Gasteiger charge is 2.20. The minimum atomic E-state index is 0.166. The van der Waals surface area contributed by atoms with Gasteiger partial charge in [-0.15, -0.1) is 6.58 Å². The monoisotopic (exact) mass is 263 g/mol. The van der Waals surface area contributed by atoms with Crippen molar-refractivity contribution in [2.45, 2.75) is 6.54 Å². The minimum Gasteiger partial charge on any atom is -0.468 e. The predicted molar refractivity (Wildman–Crippen MR) is 73.6 cm³/mol. The summed E-state index contributed by atoms with van der Waals surface area (Å²) in [5.74, 6) is 1.15. The van der Waals surface area contributed by atoms with Gasteiger partial charge in [-0.1, -0.05) is 6.08 Å². The van der Waals surface area contributed by atoms with Crippen LogP contribution in [0, 0.1) is 0 Å². The summed E-state index contributed by atoms with van der Waals surface area (Å²) in [6, 6.07) is 3.89. The molecule has 1 fully saturated rings. The molecule has 5 heteroatoms. The van der Waals surface area contributed by atoms with E-state index in [1.807, 2.05) is 17.0 Å². The zero-order valence-corrected chi connectivity index (χ0v) is 11.2. The number of carbonyl (C=O) groups is 1. The largest absolute Gasteiger partial charge is 0.468 e. The molecular weight excluding hydrogens is 242 g/mol. The van der Waals surface area contributed by atoms with Crippen molar-refractivity contribution in [3.05, 3.63) is 36.8 Å². The van der Waals surface area contributed by atoms with Gasteiger partial charge in [0.2, 0.25) is 5.91 Å². The van der Waals surface area contributed by atoms with Crippen molar-refractivity contribution in [2.75, 3.05) is 39.3 Å². The summed E-state index contributed by atoms with van der Waals surface area (Å²) in [5.41, 5.74) is 0. The first-order valence-corrected chi connectivity index (χ1v) is 6.63. The quantitative estimate of drug-likeness (QED) is 0.606. The lowest BCUT2D eigenvalue weighted by Crippen LogP contribution is -2.50. The minimum absolute atomic E-state index is 0.166. The van der Waals surface area contributed by atoms with Gasteiger partial charge in [0, 0.05) is 32.7 Å². The highest BCUT2D eigenvalue weighted by molar-refractivity contribution is 5.78. The van der Waals surface area contributed by atoms with Gasteiger partial charge in [-0.25, -0.2) is 0 Å². The molecule has 0 radical (unpaired) electrons. The van der Waals surface area contributed by atoms with E-state index >= 15 is 0 Å². The normalized spacial score (nSPS) is 16.5. The maximum Gasteiger partial charge on any atom is 0.236 e. The Kier molecular flexibility index (Phi) is 5.18. The van der Waals surface area contributed by atoms with Crippen LogP contribution >= 0.6 is 0 Å². The van der Waals surface area contributed by atoms with Crippen LogP contribution in [0.2, 0.25) is 0 Å². The van der Waals surface area contributed by atoms with E-state index in [4.69, 9.17) is 4.42 Å². The molecule has 1 amide bonds. The summed E-state index contributed by atoms with van der Waals surface area (Å²) in [7, 11) is 0. The van der Waals surface area contributed by atoms with Crippen LogP contribution in [0.5, 0.6) is 0 Å². The van der Waals surface area contributed by atoms with Gasteiger partial charge >= 0.3 is 0 Å². The molecule has 104 valence electrons. The van der Waals surface area contributed by atoms with Gasteiger partial charge < -0.3 is 14.6 Å². The molecule has 1 saturated heterocycles. The fraction of sp³-hybridized carbons (Fsp3) is 0.500. The van der Waals surface area contributed by atoms with Gasteiger partial charge in [0.1, 0.15) is 5.76 Å². The van der Waals surface area contributed by atoms with E-state index in [2.05, 4.69) is 16.8 Å². The number of hydrogen-bond donors (Lipinski definition) is 1.